The second-order valence-electron chi connectivity index (χ2n) is 5.30. The number of fused-ring (bicyclic) bond motifs is 1. The molecular weight excluding hydrogens is 268 g/mol. The Bertz CT molecular complexity index is 623. The Morgan fingerprint density at radius 3 is 2.81 bits per heavy atom. The van der Waals surface area contributed by atoms with E-state index in [1.807, 2.05) is 0 Å². The molecule has 6 heteroatoms. The van der Waals surface area contributed by atoms with Gasteiger partial charge in [0.15, 0.2) is 0 Å². The number of carboxylic acids is 1. The van der Waals surface area contributed by atoms with Gasteiger partial charge in [-0.2, -0.15) is 0 Å². The highest BCUT2D eigenvalue weighted by molar-refractivity contribution is 6.06. The van der Waals surface area contributed by atoms with Gasteiger partial charge >= 0.3 is 0 Å². The number of carbonyl (C=O) groups is 1. The Morgan fingerprint density at radius 1 is 1.29 bits per heavy atom. The molecule has 2 aromatic rings. The minimum absolute atomic E-state index is 0.119. The van der Waals surface area contributed by atoms with Crippen LogP contribution in [-0.2, 0) is 0 Å². The van der Waals surface area contributed by atoms with Crippen molar-refractivity contribution in [2.45, 2.75) is 12.8 Å². The third kappa shape index (κ3) is 3.88. The molecule has 112 valence electrons. The van der Waals surface area contributed by atoms with Crippen LogP contribution in [0.3, 0.4) is 0 Å². The SMILES string of the molecule is C[NH+](C)CCCCNc1ncnc2cccc(C(=O)[O-])c12. The molecule has 0 aliphatic carbocycles. The normalized spacial score (nSPS) is 11.0. The number of carboxylic acid groups (broad SMARTS) is 1. The molecule has 6 nitrogen and oxygen atoms in total. The first-order chi connectivity index (χ1) is 10.1. The zero-order valence-corrected chi connectivity index (χ0v) is 12.3. The maximum absolute atomic E-state index is 11.2. The average molecular weight is 288 g/mol. The lowest BCUT2D eigenvalue weighted by atomic mass is 10.1. The summed E-state index contributed by atoms with van der Waals surface area (Å²) in [7, 11) is 4.25. The van der Waals surface area contributed by atoms with Crippen LogP contribution in [0.1, 0.15) is 23.2 Å². The van der Waals surface area contributed by atoms with Crippen LogP contribution in [0.2, 0.25) is 0 Å². The van der Waals surface area contributed by atoms with Gasteiger partial charge in [-0.15, -0.1) is 0 Å². The summed E-state index contributed by atoms with van der Waals surface area (Å²) in [4.78, 5) is 20.9. The lowest BCUT2D eigenvalue weighted by Crippen LogP contribution is -3.05. The zero-order chi connectivity index (χ0) is 15.2. The van der Waals surface area contributed by atoms with Crippen molar-refractivity contribution in [2.24, 2.45) is 0 Å². The molecule has 0 radical (unpaired) electrons. The molecule has 21 heavy (non-hydrogen) atoms. The van der Waals surface area contributed by atoms with E-state index in [0.29, 0.717) is 16.7 Å². The molecule has 0 saturated heterocycles. The molecule has 2 N–H and O–H groups in total. The fourth-order valence-corrected chi connectivity index (χ4v) is 2.22. The van der Waals surface area contributed by atoms with Crippen molar-refractivity contribution in [3.05, 3.63) is 30.1 Å². The van der Waals surface area contributed by atoms with Gasteiger partial charge < -0.3 is 20.1 Å². The van der Waals surface area contributed by atoms with Gasteiger partial charge in [0.05, 0.1) is 37.5 Å². The van der Waals surface area contributed by atoms with Crippen LogP contribution in [0.15, 0.2) is 24.5 Å². The molecule has 0 spiro atoms. The van der Waals surface area contributed by atoms with Crippen LogP contribution in [0.5, 0.6) is 0 Å². The number of hydrogen-bond acceptors (Lipinski definition) is 5. The highest BCUT2D eigenvalue weighted by atomic mass is 16.4. The third-order valence-electron chi connectivity index (χ3n) is 3.28. The number of unbranched alkanes of at least 4 members (excludes halogenated alkanes) is 1. The first-order valence-corrected chi connectivity index (χ1v) is 7.07. The quantitative estimate of drug-likeness (QED) is 0.660. The molecule has 0 unspecified atom stereocenters. The van der Waals surface area contributed by atoms with E-state index in [4.69, 9.17) is 0 Å². The summed E-state index contributed by atoms with van der Waals surface area (Å²) in [5.41, 5.74) is 0.722. The number of carbonyl (C=O) groups excluding carboxylic acids is 1. The van der Waals surface area contributed by atoms with E-state index in [1.54, 1.807) is 12.1 Å². The molecule has 1 heterocycles. The molecular formula is C15H20N4O2. The van der Waals surface area contributed by atoms with E-state index < -0.39 is 5.97 Å². The molecule has 0 atom stereocenters. The largest absolute Gasteiger partial charge is 0.545 e. The van der Waals surface area contributed by atoms with Gasteiger partial charge in [0.1, 0.15) is 12.1 Å². The summed E-state index contributed by atoms with van der Waals surface area (Å²) in [6.45, 7) is 1.86. The Kier molecular flexibility index (Phi) is 5.05. The highest BCUT2D eigenvalue weighted by Gasteiger charge is 2.09. The number of rotatable bonds is 7. The molecule has 0 amide bonds. The topological polar surface area (TPSA) is 82.4 Å². The van der Waals surface area contributed by atoms with Crippen LogP contribution in [0.4, 0.5) is 5.82 Å². The number of nitrogens with one attached hydrogen (secondary N) is 2. The summed E-state index contributed by atoms with van der Waals surface area (Å²) < 4.78 is 0. The molecule has 0 bridgehead atoms. The van der Waals surface area contributed by atoms with Gasteiger partial charge in [-0.25, -0.2) is 9.97 Å². The van der Waals surface area contributed by atoms with Crippen LogP contribution < -0.4 is 15.3 Å². The Hall–Kier alpha value is -2.21. The van der Waals surface area contributed by atoms with Gasteiger partial charge in [-0.1, -0.05) is 12.1 Å². The minimum atomic E-state index is -1.21. The smallest absolute Gasteiger partial charge is 0.137 e. The molecule has 1 aromatic carbocycles. The number of aromatic carboxylic acids is 1. The summed E-state index contributed by atoms with van der Waals surface area (Å²) >= 11 is 0. The number of hydrogen-bond donors (Lipinski definition) is 2. The van der Waals surface area contributed by atoms with Crippen molar-refractivity contribution < 1.29 is 14.8 Å². The highest BCUT2D eigenvalue weighted by Crippen LogP contribution is 2.23. The number of benzene rings is 1. The average Bonchev–Trinajstić information content (AvgIpc) is 2.46. The summed E-state index contributed by atoms with van der Waals surface area (Å²) in [5.74, 6) is -0.661. The molecule has 0 saturated carbocycles. The Labute approximate surface area is 123 Å². The number of quaternary nitrogens is 1. The molecule has 0 fully saturated rings. The summed E-state index contributed by atoms with van der Waals surface area (Å²) in [6.07, 6.45) is 3.55. The van der Waals surface area contributed by atoms with Gasteiger partial charge in [-0.3, -0.25) is 0 Å². The zero-order valence-electron chi connectivity index (χ0n) is 12.3. The first-order valence-electron chi connectivity index (χ1n) is 7.07. The van der Waals surface area contributed by atoms with E-state index in [-0.39, 0.29) is 5.56 Å². The Balaban J connectivity index is 2.14. The third-order valence-corrected chi connectivity index (χ3v) is 3.28. The van der Waals surface area contributed by atoms with Crippen LogP contribution in [-0.4, -0.2) is 43.1 Å². The summed E-state index contributed by atoms with van der Waals surface area (Å²) in [5, 5.41) is 14.9. The second kappa shape index (κ2) is 6.99. The van der Waals surface area contributed by atoms with E-state index in [2.05, 4.69) is 29.4 Å². The monoisotopic (exact) mass is 288 g/mol. The summed E-state index contributed by atoms with van der Waals surface area (Å²) in [6, 6.07) is 4.94. The fraction of sp³-hybridized carbons (Fsp3) is 0.400. The van der Waals surface area contributed by atoms with Crippen LogP contribution >= 0.6 is 0 Å². The van der Waals surface area contributed by atoms with Crippen molar-refractivity contribution in [3.63, 3.8) is 0 Å². The van der Waals surface area contributed by atoms with Crippen LogP contribution in [0, 0.1) is 0 Å². The van der Waals surface area contributed by atoms with E-state index in [9.17, 15) is 9.90 Å². The number of aromatic nitrogens is 2. The van der Waals surface area contributed by atoms with Crippen molar-refractivity contribution in [1.29, 1.82) is 0 Å². The maximum Gasteiger partial charge on any atom is 0.137 e. The molecule has 2 rings (SSSR count). The standard InChI is InChI=1S/C15H20N4O2/c1-19(2)9-4-3-8-16-14-13-11(15(20)21)6-5-7-12(13)17-10-18-14/h5-7,10H,3-4,8-9H2,1-2H3,(H,20,21)(H,16,17,18). The maximum atomic E-state index is 11.2. The van der Waals surface area contributed by atoms with Gasteiger partial charge in [0.25, 0.3) is 0 Å². The first kappa shape index (κ1) is 15.2. The number of nitrogens with zero attached hydrogens (tertiary/aromatic N) is 2. The fourth-order valence-electron chi connectivity index (χ4n) is 2.22. The van der Waals surface area contributed by atoms with E-state index in [1.165, 1.54) is 17.3 Å². The van der Waals surface area contributed by atoms with Crippen molar-refractivity contribution in [2.75, 3.05) is 32.5 Å². The predicted molar refractivity (Wildman–Crippen MR) is 79.3 cm³/mol. The predicted octanol–water partition coefficient (Wildman–Crippen LogP) is -0.670. The lowest BCUT2D eigenvalue weighted by Gasteiger charge is -2.12. The van der Waals surface area contributed by atoms with Crippen LogP contribution in [0.25, 0.3) is 10.9 Å². The van der Waals surface area contributed by atoms with Crippen molar-refractivity contribution in [1.82, 2.24) is 9.97 Å². The van der Waals surface area contributed by atoms with E-state index in [0.717, 1.165) is 25.9 Å². The van der Waals surface area contributed by atoms with Gasteiger partial charge in [0.2, 0.25) is 0 Å². The van der Waals surface area contributed by atoms with Gasteiger partial charge in [0, 0.05) is 12.1 Å². The lowest BCUT2D eigenvalue weighted by molar-refractivity contribution is -0.858. The van der Waals surface area contributed by atoms with Crippen molar-refractivity contribution in [3.8, 4) is 0 Å². The van der Waals surface area contributed by atoms with E-state index >= 15 is 0 Å². The molecule has 0 aliphatic rings. The molecule has 0 aliphatic heterocycles. The second-order valence-corrected chi connectivity index (χ2v) is 5.30. The van der Waals surface area contributed by atoms with Crippen molar-refractivity contribution >= 4 is 22.7 Å². The van der Waals surface area contributed by atoms with Gasteiger partial charge in [-0.05, 0) is 18.9 Å². The molecule has 1 aromatic heterocycles. The number of anilines is 1. The minimum Gasteiger partial charge on any atom is -0.545 e. The Morgan fingerprint density at radius 2 is 2.10 bits per heavy atom.